The van der Waals surface area contributed by atoms with E-state index < -0.39 is 0 Å². The van der Waals surface area contributed by atoms with E-state index in [-0.39, 0.29) is 5.91 Å². The summed E-state index contributed by atoms with van der Waals surface area (Å²) < 4.78 is 10.5. The standard InChI is InChI=1S/C23H26N4O3/c1-17-3-5-18(6-4-17)21-15-23(30-25-21)24-22(28)16-26-11-13-27(14-12-26)19-7-9-20(29-2)10-8-19/h3-10,15H,11-14,16H2,1-2H3,(H,24,28). The van der Waals surface area contributed by atoms with Crippen molar-refractivity contribution < 1.29 is 14.1 Å². The Morgan fingerprint density at radius 1 is 1.07 bits per heavy atom. The Kier molecular flexibility index (Phi) is 5.99. The number of anilines is 2. The first-order valence-corrected chi connectivity index (χ1v) is 10.1. The summed E-state index contributed by atoms with van der Waals surface area (Å²) in [7, 11) is 1.67. The maximum absolute atomic E-state index is 12.4. The Morgan fingerprint density at radius 2 is 1.77 bits per heavy atom. The number of amides is 1. The fourth-order valence-electron chi connectivity index (χ4n) is 3.53. The first-order valence-electron chi connectivity index (χ1n) is 10.1. The van der Waals surface area contributed by atoms with Crippen molar-refractivity contribution in [1.29, 1.82) is 0 Å². The van der Waals surface area contributed by atoms with Crippen LogP contribution < -0.4 is 15.0 Å². The Balaban J connectivity index is 1.26. The van der Waals surface area contributed by atoms with Gasteiger partial charge in [-0.05, 0) is 31.2 Å². The van der Waals surface area contributed by atoms with Crippen molar-refractivity contribution in [3.63, 3.8) is 0 Å². The van der Waals surface area contributed by atoms with Crippen molar-refractivity contribution in [2.24, 2.45) is 0 Å². The lowest BCUT2D eigenvalue weighted by Crippen LogP contribution is -2.48. The molecule has 0 unspecified atom stereocenters. The molecule has 0 saturated carbocycles. The van der Waals surface area contributed by atoms with Crippen molar-refractivity contribution in [1.82, 2.24) is 10.1 Å². The minimum Gasteiger partial charge on any atom is -0.497 e. The van der Waals surface area contributed by atoms with Gasteiger partial charge in [-0.3, -0.25) is 15.0 Å². The molecule has 0 bridgehead atoms. The van der Waals surface area contributed by atoms with Crippen LogP contribution in [0.4, 0.5) is 11.6 Å². The molecule has 1 amide bonds. The van der Waals surface area contributed by atoms with Crippen molar-refractivity contribution in [3.05, 3.63) is 60.2 Å². The second-order valence-corrected chi connectivity index (χ2v) is 7.45. The highest BCUT2D eigenvalue weighted by Gasteiger charge is 2.20. The number of nitrogens with one attached hydrogen (secondary N) is 1. The zero-order valence-corrected chi connectivity index (χ0v) is 17.3. The molecule has 1 saturated heterocycles. The molecular weight excluding hydrogens is 380 g/mol. The molecule has 1 aliphatic heterocycles. The SMILES string of the molecule is COc1ccc(N2CCN(CC(=O)Nc3cc(-c4ccc(C)cc4)no3)CC2)cc1. The van der Waals surface area contributed by atoms with Crippen LogP contribution >= 0.6 is 0 Å². The second kappa shape index (κ2) is 9.00. The van der Waals surface area contributed by atoms with Crippen LogP contribution in [0.1, 0.15) is 5.56 Å². The number of hydrogen-bond donors (Lipinski definition) is 1. The Bertz CT molecular complexity index is 974. The number of methoxy groups -OCH3 is 1. The van der Waals surface area contributed by atoms with Gasteiger partial charge in [-0.15, -0.1) is 0 Å². The van der Waals surface area contributed by atoms with E-state index in [1.807, 2.05) is 43.3 Å². The summed E-state index contributed by atoms with van der Waals surface area (Å²) in [5, 5.41) is 6.86. The number of carbonyl (C=O) groups is 1. The first kappa shape index (κ1) is 20.0. The molecule has 156 valence electrons. The summed E-state index contributed by atoms with van der Waals surface area (Å²) in [5.41, 5.74) is 4.02. The highest BCUT2D eigenvalue weighted by molar-refractivity contribution is 5.91. The van der Waals surface area contributed by atoms with Gasteiger partial charge >= 0.3 is 0 Å². The van der Waals surface area contributed by atoms with E-state index in [0.717, 1.165) is 37.5 Å². The van der Waals surface area contributed by atoms with Crippen LogP contribution in [-0.4, -0.2) is 55.8 Å². The third-order valence-corrected chi connectivity index (χ3v) is 5.30. The summed E-state index contributed by atoms with van der Waals surface area (Å²) in [4.78, 5) is 16.9. The van der Waals surface area contributed by atoms with Crippen molar-refractivity contribution in [3.8, 4) is 17.0 Å². The van der Waals surface area contributed by atoms with Crippen LogP contribution in [0.3, 0.4) is 0 Å². The Hall–Kier alpha value is -3.32. The number of aryl methyl sites for hydroxylation is 1. The molecule has 1 aliphatic rings. The summed E-state index contributed by atoms with van der Waals surface area (Å²) in [6.07, 6.45) is 0. The minimum atomic E-state index is -0.0977. The highest BCUT2D eigenvalue weighted by Crippen LogP contribution is 2.23. The average Bonchev–Trinajstić information content (AvgIpc) is 3.23. The Morgan fingerprint density at radius 3 is 2.43 bits per heavy atom. The van der Waals surface area contributed by atoms with Crippen molar-refractivity contribution in [2.75, 3.05) is 50.1 Å². The predicted molar refractivity (Wildman–Crippen MR) is 117 cm³/mol. The maximum Gasteiger partial charge on any atom is 0.240 e. The lowest BCUT2D eigenvalue weighted by Gasteiger charge is -2.35. The third kappa shape index (κ3) is 4.80. The zero-order valence-electron chi connectivity index (χ0n) is 17.3. The fourth-order valence-corrected chi connectivity index (χ4v) is 3.53. The second-order valence-electron chi connectivity index (χ2n) is 7.45. The molecule has 1 fully saturated rings. The van der Waals surface area contributed by atoms with Gasteiger partial charge in [-0.1, -0.05) is 35.0 Å². The lowest BCUT2D eigenvalue weighted by atomic mass is 10.1. The zero-order chi connectivity index (χ0) is 20.9. The van der Waals surface area contributed by atoms with Crippen LogP contribution in [0, 0.1) is 6.92 Å². The smallest absolute Gasteiger partial charge is 0.240 e. The highest BCUT2D eigenvalue weighted by atomic mass is 16.5. The van der Waals surface area contributed by atoms with E-state index >= 15 is 0 Å². The van der Waals surface area contributed by atoms with Crippen LogP contribution in [0.5, 0.6) is 5.75 Å². The molecule has 3 aromatic rings. The van der Waals surface area contributed by atoms with Crippen LogP contribution in [0.15, 0.2) is 59.1 Å². The summed E-state index contributed by atoms with van der Waals surface area (Å²) in [5.74, 6) is 1.12. The van der Waals surface area contributed by atoms with E-state index in [4.69, 9.17) is 9.26 Å². The molecule has 7 heteroatoms. The number of piperazine rings is 1. The van der Waals surface area contributed by atoms with Crippen molar-refractivity contribution in [2.45, 2.75) is 6.92 Å². The van der Waals surface area contributed by atoms with Gasteiger partial charge in [0.05, 0.1) is 13.7 Å². The van der Waals surface area contributed by atoms with Crippen LogP contribution in [-0.2, 0) is 4.79 Å². The molecular formula is C23H26N4O3. The predicted octanol–water partition coefficient (Wildman–Crippen LogP) is 3.42. The van der Waals surface area contributed by atoms with Gasteiger partial charge in [-0.2, -0.15) is 0 Å². The number of carbonyl (C=O) groups excluding carboxylic acids is 1. The van der Waals surface area contributed by atoms with E-state index in [0.29, 0.717) is 18.1 Å². The molecule has 1 aromatic heterocycles. The molecule has 0 aliphatic carbocycles. The van der Waals surface area contributed by atoms with Gasteiger partial charge in [0.15, 0.2) is 0 Å². The molecule has 0 spiro atoms. The van der Waals surface area contributed by atoms with Gasteiger partial charge < -0.3 is 14.2 Å². The van der Waals surface area contributed by atoms with Gasteiger partial charge in [-0.25, -0.2) is 0 Å². The quantitative estimate of drug-likeness (QED) is 0.676. The minimum absolute atomic E-state index is 0.0977. The average molecular weight is 406 g/mol. The Labute approximate surface area is 176 Å². The number of ether oxygens (including phenoxy) is 1. The lowest BCUT2D eigenvalue weighted by molar-refractivity contribution is -0.117. The van der Waals surface area contributed by atoms with Gasteiger partial charge in [0.1, 0.15) is 11.4 Å². The van der Waals surface area contributed by atoms with E-state index in [1.165, 1.54) is 11.3 Å². The van der Waals surface area contributed by atoms with Gasteiger partial charge in [0, 0.05) is 43.5 Å². The first-order chi connectivity index (χ1) is 14.6. The number of nitrogens with zero attached hydrogens (tertiary/aromatic N) is 3. The number of benzene rings is 2. The van der Waals surface area contributed by atoms with E-state index in [2.05, 4.69) is 32.4 Å². The molecule has 2 heterocycles. The summed E-state index contributed by atoms with van der Waals surface area (Å²) >= 11 is 0. The van der Waals surface area contributed by atoms with Gasteiger partial charge in [0.25, 0.3) is 0 Å². The van der Waals surface area contributed by atoms with Crippen LogP contribution in [0.25, 0.3) is 11.3 Å². The molecule has 7 nitrogen and oxygen atoms in total. The normalized spacial score (nSPS) is 14.5. The molecule has 4 rings (SSSR count). The molecule has 30 heavy (non-hydrogen) atoms. The van der Waals surface area contributed by atoms with Crippen LogP contribution in [0.2, 0.25) is 0 Å². The number of aromatic nitrogens is 1. The van der Waals surface area contributed by atoms with E-state index in [9.17, 15) is 4.79 Å². The topological polar surface area (TPSA) is 70.8 Å². The van der Waals surface area contributed by atoms with Crippen molar-refractivity contribution >= 4 is 17.5 Å². The molecule has 1 N–H and O–H groups in total. The summed E-state index contributed by atoms with van der Waals surface area (Å²) in [6, 6.07) is 17.8. The van der Waals surface area contributed by atoms with Gasteiger partial charge in [0.2, 0.25) is 11.8 Å². The fraction of sp³-hybridized carbons (Fsp3) is 0.304. The van der Waals surface area contributed by atoms with E-state index in [1.54, 1.807) is 13.2 Å². The molecule has 0 radical (unpaired) electrons. The maximum atomic E-state index is 12.4. The molecule has 2 aromatic carbocycles. The number of rotatable bonds is 6. The number of hydrogen-bond acceptors (Lipinski definition) is 6. The molecule has 0 atom stereocenters. The third-order valence-electron chi connectivity index (χ3n) is 5.30. The monoisotopic (exact) mass is 406 g/mol. The largest absolute Gasteiger partial charge is 0.497 e. The summed E-state index contributed by atoms with van der Waals surface area (Å²) in [6.45, 7) is 5.76.